The van der Waals surface area contributed by atoms with Crippen LogP contribution in [-0.4, -0.2) is 33.5 Å². The van der Waals surface area contributed by atoms with E-state index in [1.165, 1.54) is 0 Å². The molecular weight excluding hydrogens is 424 g/mol. The number of pyridine rings is 1. The van der Waals surface area contributed by atoms with Crippen LogP contribution < -0.4 is 10.6 Å². The molecule has 0 saturated carbocycles. The average molecular weight is 451 g/mol. The first kappa shape index (κ1) is 22.9. The number of nitriles is 1. The number of amides is 1. The third-order valence-corrected chi connectivity index (χ3v) is 5.55. The molecule has 0 aliphatic heterocycles. The number of aromatic nitrogens is 3. The molecule has 4 aromatic rings. The molecule has 0 fully saturated rings. The van der Waals surface area contributed by atoms with Gasteiger partial charge in [-0.25, -0.2) is 9.97 Å². The second-order valence-electron chi connectivity index (χ2n) is 8.04. The number of hydrogen-bond acceptors (Lipinski definition) is 5. The van der Waals surface area contributed by atoms with Gasteiger partial charge in [-0.15, -0.1) is 0 Å². The Bertz CT molecular complexity index is 1260. The van der Waals surface area contributed by atoms with Crippen LogP contribution in [0, 0.1) is 18.3 Å². The molecular formula is C27H26N6O. The van der Waals surface area contributed by atoms with Crippen LogP contribution in [-0.2, 0) is 11.2 Å². The minimum Gasteiger partial charge on any atom is -0.315 e. The molecule has 1 amide bonds. The van der Waals surface area contributed by atoms with Crippen LogP contribution in [0.3, 0.4) is 0 Å². The number of nitrogens with one attached hydrogen (secondary N) is 2. The van der Waals surface area contributed by atoms with Crippen molar-refractivity contribution in [1.82, 2.24) is 19.9 Å². The predicted molar refractivity (Wildman–Crippen MR) is 132 cm³/mol. The molecule has 7 heteroatoms. The van der Waals surface area contributed by atoms with Gasteiger partial charge in [0.15, 0.2) is 0 Å². The van der Waals surface area contributed by atoms with E-state index in [9.17, 15) is 4.79 Å². The zero-order valence-corrected chi connectivity index (χ0v) is 19.0. The molecule has 2 aromatic carbocycles. The fraction of sp³-hybridized carbons (Fsp3) is 0.185. The van der Waals surface area contributed by atoms with Crippen LogP contribution in [0.1, 0.15) is 28.3 Å². The summed E-state index contributed by atoms with van der Waals surface area (Å²) in [4.78, 5) is 21.8. The second-order valence-corrected chi connectivity index (χ2v) is 8.04. The lowest BCUT2D eigenvalue weighted by atomic mass is 9.98. The Morgan fingerprint density at radius 2 is 1.85 bits per heavy atom. The van der Waals surface area contributed by atoms with Crippen LogP contribution in [0.25, 0.3) is 5.69 Å². The molecule has 0 bridgehead atoms. The SMILES string of the molecule is Cc1cn(-c2ccc(NC(=O)C(CNCCc3ccc(C#N)cc3)c3ccccc3)nc2)cn1. The zero-order valence-electron chi connectivity index (χ0n) is 19.0. The van der Waals surface area contributed by atoms with E-state index in [-0.39, 0.29) is 11.8 Å². The Labute approximate surface area is 199 Å². The van der Waals surface area contributed by atoms with Gasteiger partial charge in [-0.05, 0) is 55.3 Å². The second kappa shape index (κ2) is 11.0. The Morgan fingerprint density at radius 1 is 1.06 bits per heavy atom. The normalized spacial score (nSPS) is 11.5. The minimum absolute atomic E-state index is 0.115. The summed E-state index contributed by atoms with van der Waals surface area (Å²) in [6, 6.07) is 23.1. The molecule has 4 rings (SSSR count). The summed E-state index contributed by atoms with van der Waals surface area (Å²) < 4.78 is 1.89. The van der Waals surface area contributed by atoms with E-state index in [1.807, 2.05) is 78.4 Å². The van der Waals surface area contributed by atoms with Gasteiger partial charge in [0.1, 0.15) is 5.82 Å². The van der Waals surface area contributed by atoms with Gasteiger partial charge in [0.2, 0.25) is 5.91 Å². The summed E-state index contributed by atoms with van der Waals surface area (Å²) in [6.07, 6.45) is 6.18. The quantitative estimate of drug-likeness (QED) is 0.376. The molecule has 2 heterocycles. The van der Waals surface area contributed by atoms with Crippen LogP contribution in [0.2, 0.25) is 0 Å². The number of imidazole rings is 1. The van der Waals surface area contributed by atoms with E-state index in [1.54, 1.807) is 18.6 Å². The molecule has 170 valence electrons. The van der Waals surface area contributed by atoms with Gasteiger partial charge in [-0.2, -0.15) is 5.26 Å². The summed E-state index contributed by atoms with van der Waals surface area (Å²) in [7, 11) is 0. The highest BCUT2D eigenvalue weighted by molar-refractivity contribution is 5.95. The summed E-state index contributed by atoms with van der Waals surface area (Å²) >= 11 is 0. The van der Waals surface area contributed by atoms with E-state index < -0.39 is 0 Å². The standard InChI is InChI=1S/C27H26N6O/c1-20-18-33(19-31-20)24-11-12-26(30-16-24)32-27(34)25(23-5-3-2-4-6-23)17-29-14-13-21-7-9-22(15-28)10-8-21/h2-12,16,18-19,25,29H,13-14,17H2,1H3,(H,30,32,34). The largest absolute Gasteiger partial charge is 0.315 e. The number of carbonyl (C=O) groups is 1. The van der Waals surface area contributed by atoms with Gasteiger partial charge in [0.25, 0.3) is 0 Å². The Balaban J connectivity index is 1.38. The Morgan fingerprint density at radius 3 is 2.50 bits per heavy atom. The van der Waals surface area contributed by atoms with Crippen molar-refractivity contribution in [2.24, 2.45) is 0 Å². The highest BCUT2D eigenvalue weighted by atomic mass is 16.2. The summed E-state index contributed by atoms with van der Waals surface area (Å²) in [5.41, 5.74) is 4.54. The molecule has 2 N–H and O–H groups in total. The highest BCUT2D eigenvalue weighted by Crippen LogP contribution is 2.18. The van der Waals surface area contributed by atoms with Crippen LogP contribution in [0.4, 0.5) is 5.82 Å². The molecule has 1 unspecified atom stereocenters. The molecule has 34 heavy (non-hydrogen) atoms. The maximum atomic E-state index is 13.2. The molecule has 7 nitrogen and oxygen atoms in total. The van der Waals surface area contributed by atoms with Gasteiger partial charge in [0.05, 0.1) is 41.5 Å². The van der Waals surface area contributed by atoms with Gasteiger partial charge in [0, 0.05) is 12.7 Å². The van der Waals surface area contributed by atoms with Crippen molar-refractivity contribution >= 4 is 11.7 Å². The first-order valence-corrected chi connectivity index (χ1v) is 11.1. The fourth-order valence-electron chi connectivity index (χ4n) is 3.66. The molecule has 0 aliphatic rings. The lowest BCUT2D eigenvalue weighted by Crippen LogP contribution is -2.32. The number of nitrogens with zero attached hydrogens (tertiary/aromatic N) is 4. The number of hydrogen-bond donors (Lipinski definition) is 2. The van der Waals surface area contributed by atoms with Crippen LogP contribution in [0.5, 0.6) is 0 Å². The first-order chi connectivity index (χ1) is 16.6. The molecule has 0 saturated heterocycles. The van der Waals surface area contributed by atoms with E-state index in [4.69, 9.17) is 5.26 Å². The monoisotopic (exact) mass is 450 g/mol. The van der Waals surface area contributed by atoms with Gasteiger partial charge in [-0.1, -0.05) is 42.5 Å². The van der Waals surface area contributed by atoms with Gasteiger partial charge in [-0.3, -0.25) is 4.79 Å². The first-order valence-electron chi connectivity index (χ1n) is 11.1. The van der Waals surface area contributed by atoms with Gasteiger partial charge >= 0.3 is 0 Å². The Kier molecular flexibility index (Phi) is 7.43. The topological polar surface area (TPSA) is 95.6 Å². The van der Waals surface area contributed by atoms with Crippen LogP contribution in [0.15, 0.2) is 85.5 Å². The van der Waals surface area contributed by atoms with E-state index in [2.05, 4.69) is 26.7 Å². The van der Waals surface area contributed by atoms with E-state index in [0.717, 1.165) is 35.5 Å². The molecule has 2 aromatic heterocycles. The number of carbonyl (C=O) groups excluding carboxylic acids is 1. The third kappa shape index (κ3) is 5.94. The number of anilines is 1. The molecule has 0 aliphatic carbocycles. The minimum atomic E-state index is -0.361. The number of rotatable bonds is 9. The van der Waals surface area contributed by atoms with Crippen molar-refractivity contribution in [2.45, 2.75) is 19.3 Å². The average Bonchev–Trinajstić information content (AvgIpc) is 3.31. The van der Waals surface area contributed by atoms with Crippen LogP contribution >= 0.6 is 0 Å². The van der Waals surface area contributed by atoms with Crippen molar-refractivity contribution in [1.29, 1.82) is 5.26 Å². The maximum absolute atomic E-state index is 13.2. The number of aryl methyl sites for hydroxylation is 1. The summed E-state index contributed by atoms with van der Waals surface area (Å²) in [5, 5.41) is 15.3. The van der Waals surface area contributed by atoms with Gasteiger partial charge < -0.3 is 15.2 Å². The molecule has 0 spiro atoms. The fourth-order valence-corrected chi connectivity index (χ4v) is 3.66. The van der Waals surface area contributed by atoms with Crippen molar-refractivity contribution in [3.05, 3.63) is 108 Å². The lowest BCUT2D eigenvalue weighted by Gasteiger charge is -2.18. The smallest absolute Gasteiger partial charge is 0.234 e. The summed E-state index contributed by atoms with van der Waals surface area (Å²) in [5.74, 6) is 0.0276. The van der Waals surface area contributed by atoms with Crippen molar-refractivity contribution in [2.75, 3.05) is 18.4 Å². The predicted octanol–water partition coefficient (Wildman–Crippen LogP) is 4.00. The molecule has 0 radical (unpaired) electrons. The zero-order chi connectivity index (χ0) is 23.8. The highest BCUT2D eigenvalue weighted by Gasteiger charge is 2.20. The maximum Gasteiger partial charge on any atom is 0.234 e. The Hall–Kier alpha value is -4.28. The number of benzene rings is 2. The molecule has 1 atom stereocenters. The lowest BCUT2D eigenvalue weighted by molar-refractivity contribution is -0.117. The summed E-state index contributed by atoms with van der Waals surface area (Å²) in [6.45, 7) is 3.15. The third-order valence-electron chi connectivity index (χ3n) is 5.55. The van der Waals surface area contributed by atoms with E-state index >= 15 is 0 Å². The van der Waals surface area contributed by atoms with Crippen molar-refractivity contribution < 1.29 is 4.79 Å². The van der Waals surface area contributed by atoms with Crippen molar-refractivity contribution in [3.8, 4) is 11.8 Å². The van der Waals surface area contributed by atoms with Crippen molar-refractivity contribution in [3.63, 3.8) is 0 Å². The van der Waals surface area contributed by atoms with E-state index in [0.29, 0.717) is 17.9 Å².